The van der Waals surface area contributed by atoms with Crippen LogP contribution >= 0.6 is 7.82 Å². The monoisotopic (exact) mass is 411 g/mol. The van der Waals surface area contributed by atoms with Gasteiger partial charge in [-0.1, -0.05) is 45.4 Å². The largest absolute Gasteiger partial charge is 0.756 e. The molecule has 0 saturated carbocycles. The summed E-state index contributed by atoms with van der Waals surface area (Å²) in [6.07, 6.45) is 3.95. The molecule has 0 aromatic carbocycles. The maximum Gasteiger partial charge on any atom is 0.268 e. The first-order valence-corrected chi connectivity index (χ1v) is 11.2. The molecule has 8 nitrogen and oxygen atoms in total. The lowest BCUT2D eigenvalue weighted by Gasteiger charge is -2.30. The number of carbonyl (C=O) groups excluding carboxylic acids is 1. The van der Waals surface area contributed by atoms with Crippen LogP contribution in [0.2, 0.25) is 0 Å². The van der Waals surface area contributed by atoms with E-state index in [4.69, 9.17) is 14.2 Å². The van der Waals surface area contributed by atoms with Crippen LogP contribution in [0.15, 0.2) is 0 Å². The van der Waals surface area contributed by atoms with E-state index in [-0.39, 0.29) is 13.0 Å². The fourth-order valence-electron chi connectivity index (χ4n) is 2.43. The van der Waals surface area contributed by atoms with Crippen molar-refractivity contribution in [2.45, 2.75) is 70.5 Å². The summed E-state index contributed by atoms with van der Waals surface area (Å²) in [6.45, 7) is 1.70. The average Bonchev–Trinajstić information content (AvgIpc) is 2.56. The quantitative estimate of drug-likeness (QED) is 0.212. The van der Waals surface area contributed by atoms with E-state index in [1.54, 1.807) is 0 Å². The van der Waals surface area contributed by atoms with Gasteiger partial charge in [-0.05, 0) is 6.42 Å². The highest BCUT2D eigenvalue weighted by Crippen LogP contribution is 2.40. The van der Waals surface area contributed by atoms with Crippen LogP contribution in [0.1, 0.15) is 58.3 Å². The van der Waals surface area contributed by atoms with Crippen LogP contribution in [0.25, 0.3) is 0 Å². The zero-order valence-electron chi connectivity index (χ0n) is 17.3. The number of likely N-dealkylation sites (N-methyl/N-ethyl adjacent to an activating group) is 1. The van der Waals surface area contributed by atoms with Gasteiger partial charge in [-0.2, -0.15) is 0 Å². The van der Waals surface area contributed by atoms with E-state index in [1.807, 2.05) is 21.1 Å². The van der Waals surface area contributed by atoms with Crippen LogP contribution in [0.5, 0.6) is 0 Å². The molecule has 0 radical (unpaired) electrons. The molecular weight excluding hydrogens is 373 g/mol. The lowest BCUT2D eigenvalue weighted by molar-refractivity contribution is -0.870. The topological polar surface area (TPSA) is 116 Å². The van der Waals surface area contributed by atoms with Gasteiger partial charge in [0.15, 0.2) is 11.9 Å². The molecule has 0 spiro atoms. The molecule has 0 aromatic rings. The number of aliphatic hydroxyl groups excluding tert-OH is 2. The van der Waals surface area contributed by atoms with Crippen molar-refractivity contribution in [1.29, 1.82) is 0 Å². The van der Waals surface area contributed by atoms with Crippen molar-refractivity contribution in [3.05, 3.63) is 0 Å². The van der Waals surface area contributed by atoms with Gasteiger partial charge in [-0.3, -0.25) is 9.36 Å². The van der Waals surface area contributed by atoms with Gasteiger partial charge < -0.3 is 28.6 Å². The number of aliphatic hydroxyl groups is 2. The molecule has 0 saturated heterocycles. The number of phosphoric ester groups is 1. The summed E-state index contributed by atoms with van der Waals surface area (Å²) in [6, 6.07) is 0. The van der Waals surface area contributed by atoms with Crippen molar-refractivity contribution < 1.29 is 38.0 Å². The van der Waals surface area contributed by atoms with Crippen molar-refractivity contribution in [3.8, 4) is 0 Å². The normalized spacial score (nSPS) is 16.7. The predicted molar refractivity (Wildman–Crippen MR) is 102 cm³/mol. The molecule has 0 rings (SSSR count). The maximum atomic E-state index is 12.3. The molecule has 3 atom stereocenters. The molecule has 0 aromatic heterocycles. The Morgan fingerprint density at radius 3 is 2.19 bits per heavy atom. The fraction of sp³-hybridized carbons (Fsp3) is 0.944. The number of hydrogen-bond donors (Lipinski definition) is 2. The van der Waals surface area contributed by atoms with Crippen molar-refractivity contribution in [3.63, 3.8) is 0 Å². The van der Waals surface area contributed by atoms with Gasteiger partial charge in [0.05, 0.1) is 27.7 Å². The fourth-order valence-corrected chi connectivity index (χ4v) is 3.34. The van der Waals surface area contributed by atoms with E-state index in [0.717, 1.165) is 19.3 Å². The number of hydrogen-bond acceptors (Lipinski definition) is 7. The lowest BCUT2D eigenvalue weighted by Crippen LogP contribution is -2.40. The van der Waals surface area contributed by atoms with Gasteiger partial charge >= 0.3 is 0 Å². The number of unbranched alkanes of at least 4 members (excludes halogenated alkanes) is 6. The molecule has 0 aliphatic heterocycles. The van der Waals surface area contributed by atoms with Crippen molar-refractivity contribution in [2.75, 3.05) is 40.9 Å². The third-order valence-electron chi connectivity index (χ3n) is 4.13. The zero-order chi connectivity index (χ0) is 20.9. The number of Topliss-reactive ketones (excluding diaryl/α,β-unsaturated/α-hetero) is 1. The number of phosphoric acid groups is 1. The Kier molecular flexibility index (Phi) is 13.6. The summed E-state index contributed by atoms with van der Waals surface area (Å²) in [5, 5.41) is 18.9. The standard InChI is InChI=1S/C18H38NO7P/c1-5-6-7-8-9-10-11-12-16(21)18(17(22)15-20)26-27(23,24)25-14-13-19(2,3)4/h17-18,20,22H,5-15H2,1-4H3/t17-,18?/m0/s1. The Balaban J connectivity index is 4.47. The minimum absolute atomic E-state index is 0.0917. The summed E-state index contributed by atoms with van der Waals surface area (Å²) in [5.74, 6) is -0.545. The SMILES string of the molecule is CCCCCCCCCC(=O)C(OP(=O)([O-])OCC[N+](C)(C)C)[C@@H](O)CO. The highest BCUT2D eigenvalue weighted by atomic mass is 31.2. The van der Waals surface area contributed by atoms with Crippen molar-refractivity contribution in [1.82, 2.24) is 0 Å². The Labute approximate surface area is 163 Å². The first kappa shape index (κ1) is 26.7. The molecule has 2 unspecified atom stereocenters. The van der Waals surface area contributed by atoms with Gasteiger partial charge in [0.2, 0.25) is 0 Å². The number of carbonyl (C=O) groups is 1. The molecule has 0 bridgehead atoms. The van der Waals surface area contributed by atoms with E-state index in [2.05, 4.69) is 6.92 Å². The first-order chi connectivity index (χ1) is 12.5. The summed E-state index contributed by atoms with van der Waals surface area (Å²) in [5.41, 5.74) is 0. The zero-order valence-corrected chi connectivity index (χ0v) is 18.2. The molecule has 9 heteroatoms. The molecular formula is C18H38NO7P. The summed E-state index contributed by atoms with van der Waals surface area (Å²) < 4.78 is 22.0. The Hall–Kier alpha value is -0.340. The minimum atomic E-state index is -4.77. The Morgan fingerprint density at radius 1 is 1.11 bits per heavy atom. The molecule has 27 heavy (non-hydrogen) atoms. The predicted octanol–water partition coefficient (Wildman–Crippen LogP) is 1.63. The Morgan fingerprint density at radius 2 is 1.67 bits per heavy atom. The second-order valence-electron chi connectivity index (χ2n) is 7.91. The van der Waals surface area contributed by atoms with Gasteiger partial charge in [0.1, 0.15) is 19.3 Å². The number of rotatable bonds is 17. The number of quaternary nitrogens is 1. The van der Waals surface area contributed by atoms with Crippen molar-refractivity contribution >= 4 is 13.6 Å². The van der Waals surface area contributed by atoms with E-state index >= 15 is 0 Å². The van der Waals surface area contributed by atoms with Gasteiger partial charge in [0, 0.05) is 6.42 Å². The van der Waals surface area contributed by atoms with Crippen LogP contribution < -0.4 is 4.89 Å². The molecule has 0 aliphatic rings. The average molecular weight is 411 g/mol. The molecule has 0 amide bonds. The van der Waals surface area contributed by atoms with Crippen LogP contribution in [0.3, 0.4) is 0 Å². The van der Waals surface area contributed by atoms with Crippen LogP contribution in [-0.4, -0.2) is 73.6 Å². The van der Waals surface area contributed by atoms with Crippen molar-refractivity contribution in [2.24, 2.45) is 0 Å². The van der Waals surface area contributed by atoms with Crippen LogP contribution in [-0.2, 0) is 18.4 Å². The summed E-state index contributed by atoms with van der Waals surface area (Å²) in [4.78, 5) is 24.2. The summed E-state index contributed by atoms with van der Waals surface area (Å²) >= 11 is 0. The lowest BCUT2D eigenvalue weighted by atomic mass is 10.0. The van der Waals surface area contributed by atoms with Gasteiger partial charge in [-0.15, -0.1) is 0 Å². The van der Waals surface area contributed by atoms with E-state index in [0.29, 0.717) is 17.4 Å². The number of nitrogens with zero attached hydrogens (tertiary/aromatic N) is 1. The minimum Gasteiger partial charge on any atom is -0.756 e. The maximum absolute atomic E-state index is 12.3. The highest BCUT2D eigenvalue weighted by Gasteiger charge is 2.31. The second kappa shape index (κ2) is 13.8. The highest BCUT2D eigenvalue weighted by molar-refractivity contribution is 7.45. The molecule has 162 valence electrons. The third-order valence-corrected chi connectivity index (χ3v) is 5.12. The van der Waals surface area contributed by atoms with E-state index in [1.165, 1.54) is 19.3 Å². The van der Waals surface area contributed by atoms with Crippen LogP contribution in [0.4, 0.5) is 0 Å². The molecule has 0 aliphatic carbocycles. The smallest absolute Gasteiger partial charge is 0.268 e. The third kappa shape index (κ3) is 14.3. The first-order valence-electron chi connectivity index (χ1n) is 9.78. The molecule has 2 N–H and O–H groups in total. The van der Waals surface area contributed by atoms with E-state index < -0.39 is 32.4 Å². The molecule has 0 fully saturated rings. The van der Waals surface area contributed by atoms with Crippen LogP contribution in [0, 0.1) is 0 Å². The van der Waals surface area contributed by atoms with E-state index in [9.17, 15) is 19.4 Å². The molecule has 0 heterocycles. The van der Waals surface area contributed by atoms with Gasteiger partial charge in [0.25, 0.3) is 7.82 Å². The van der Waals surface area contributed by atoms with Gasteiger partial charge in [-0.25, -0.2) is 0 Å². The summed E-state index contributed by atoms with van der Waals surface area (Å²) in [7, 11) is 0.872. The number of ketones is 1. The Bertz CT molecular complexity index is 453. The second-order valence-corrected chi connectivity index (χ2v) is 9.27.